The molecule has 0 saturated carbocycles. The molecule has 174 valence electrons. The molecule has 0 aliphatic carbocycles. The largest absolute Gasteiger partial charge is 0.416 e. The van der Waals surface area contributed by atoms with Gasteiger partial charge in [0.15, 0.2) is 0 Å². The first-order valence-electron chi connectivity index (χ1n) is 9.46. The molecule has 0 bridgehead atoms. The van der Waals surface area contributed by atoms with Crippen molar-refractivity contribution in [1.29, 1.82) is 0 Å². The maximum atomic E-state index is 12.9. The zero-order valence-corrected chi connectivity index (χ0v) is 18.0. The number of aromatic nitrogens is 2. The number of nitro groups is 1. The quantitative estimate of drug-likeness (QED) is 0.482. The third kappa shape index (κ3) is 4.60. The minimum absolute atomic E-state index is 0.0262. The number of carbonyl (C=O) groups is 1. The minimum atomic E-state index is -4.67. The van der Waals surface area contributed by atoms with Gasteiger partial charge in [0.05, 0.1) is 15.4 Å². The lowest BCUT2D eigenvalue weighted by Gasteiger charge is -2.34. The summed E-state index contributed by atoms with van der Waals surface area (Å²) in [6.45, 7) is 2.55. The molecule has 1 aliphatic heterocycles. The maximum Gasteiger partial charge on any atom is 0.416 e. The monoisotopic (exact) mass is 475 g/mol. The predicted octanol–water partition coefficient (Wildman–Crippen LogP) is 1.96. The van der Waals surface area contributed by atoms with Crippen LogP contribution in [-0.4, -0.2) is 64.4 Å². The van der Waals surface area contributed by atoms with Gasteiger partial charge >= 0.3 is 11.9 Å². The van der Waals surface area contributed by atoms with Crippen LogP contribution >= 0.6 is 0 Å². The van der Waals surface area contributed by atoms with E-state index in [1.54, 1.807) is 0 Å². The molecule has 14 heteroatoms. The molecular formula is C18H20F3N5O5S. The van der Waals surface area contributed by atoms with Gasteiger partial charge in [-0.15, -0.1) is 0 Å². The summed E-state index contributed by atoms with van der Waals surface area (Å²) in [7, 11) is -4.17. The van der Waals surface area contributed by atoms with E-state index in [2.05, 4.69) is 5.10 Å². The molecular weight excluding hydrogens is 455 g/mol. The summed E-state index contributed by atoms with van der Waals surface area (Å²) in [5.41, 5.74) is -0.829. The van der Waals surface area contributed by atoms with E-state index in [0.717, 1.165) is 22.5 Å². The standard InChI is InChI=1S/C18H20F3N5O5S/c1-12-17(26(28)29)13(2)25(22-12)11-16(27)23-6-8-24(9-7-23)32(30,31)15-5-3-4-14(10-15)18(19,20)21/h3-5,10H,6-9,11H2,1-2H3. The SMILES string of the molecule is Cc1nn(CC(=O)N2CCN(S(=O)(=O)c3cccc(C(F)(F)F)c3)CC2)c(C)c1[N+](=O)[O-]. The molecule has 1 fully saturated rings. The number of rotatable bonds is 5. The van der Waals surface area contributed by atoms with Crippen molar-refractivity contribution in [3.63, 3.8) is 0 Å². The van der Waals surface area contributed by atoms with Crippen molar-refractivity contribution in [2.75, 3.05) is 26.2 Å². The van der Waals surface area contributed by atoms with Crippen molar-refractivity contribution in [3.05, 3.63) is 51.3 Å². The molecule has 0 radical (unpaired) electrons. The van der Waals surface area contributed by atoms with Crippen molar-refractivity contribution in [3.8, 4) is 0 Å². The Balaban J connectivity index is 1.68. The first-order valence-corrected chi connectivity index (χ1v) is 10.9. The summed E-state index contributed by atoms with van der Waals surface area (Å²) in [6.07, 6.45) is -4.67. The number of carbonyl (C=O) groups excluding carboxylic acids is 1. The Morgan fingerprint density at radius 3 is 2.34 bits per heavy atom. The topological polar surface area (TPSA) is 119 Å². The van der Waals surface area contributed by atoms with Crippen molar-refractivity contribution in [1.82, 2.24) is 19.0 Å². The molecule has 1 amide bonds. The van der Waals surface area contributed by atoms with Gasteiger partial charge in [0, 0.05) is 26.2 Å². The predicted molar refractivity (Wildman–Crippen MR) is 105 cm³/mol. The van der Waals surface area contributed by atoms with E-state index in [-0.39, 0.29) is 49.8 Å². The Morgan fingerprint density at radius 1 is 1.19 bits per heavy atom. The lowest BCUT2D eigenvalue weighted by Crippen LogP contribution is -2.51. The van der Waals surface area contributed by atoms with Crippen LogP contribution in [0.5, 0.6) is 0 Å². The molecule has 3 rings (SSSR count). The van der Waals surface area contributed by atoms with E-state index in [1.165, 1.54) is 23.4 Å². The molecule has 0 unspecified atom stereocenters. The van der Waals surface area contributed by atoms with Crippen molar-refractivity contribution in [2.45, 2.75) is 31.5 Å². The second-order valence-electron chi connectivity index (χ2n) is 7.24. The fraction of sp³-hybridized carbons (Fsp3) is 0.444. The highest BCUT2D eigenvalue weighted by Gasteiger charge is 2.34. The summed E-state index contributed by atoms with van der Waals surface area (Å²) in [5.74, 6) is -0.401. The second kappa shape index (κ2) is 8.50. The molecule has 1 aromatic carbocycles. The van der Waals surface area contributed by atoms with Crippen LogP contribution in [0.3, 0.4) is 0 Å². The molecule has 1 aromatic heterocycles. The first kappa shape index (κ1) is 23.7. The van der Waals surface area contributed by atoms with Crippen LogP contribution in [0.1, 0.15) is 17.0 Å². The smallest absolute Gasteiger partial charge is 0.338 e. The van der Waals surface area contributed by atoms with Gasteiger partial charge in [0.25, 0.3) is 0 Å². The van der Waals surface area contributed by atoms with Crippen molar-refractivity contribution in [2.24, 2.45) is 0 Å². The number of aryl methyl sites for hydroxylation is 1. The van der Waals surface area contributed by atoms with Crippen LogP contribution in [-0.2, 0) is 27.5 Å². The molecule has 10 nitrogen and oxygen atoms in total. The summed E-state index contributed by atoms with van der Waals surface area (Å²) in [4.78, 5) is 24.0. The Hall–Kier alpha value is -3.00. The highest BCUT2D eigenvalue weighted by Crippen LogP contribution is 2.31. The number of nitrogens with zero attached hydrogens (tertiary/aromatic N) is 5. The molecule has 2 aromatic rings. The summed E-state index contributed by atoms with van der Waals surface area (Å²) < 4.78 is 66.5. The van der Waals surface area contributed by atoms with Gasteiger partial charge in [-0.25, -0.2) is 8.42 Å². The van der Waals surface area contributed by atoms with E-state index in [0.29, 0.717) is 6.07 Å². The number of benzene rings is 1. The zero-order chi connectivity index (χ0) is 23.8. The average molecular weight is 475 g/mol. The number of hydrogen-bond acceptors (Lipinski definition) is 6. The summed E-state index contributed by atoms with van der Waals surface area (Å²) >= 11 is 0. The van der Waals surface area contributed by atoms with Crippen LogP contribution in [0.4, 0.5) is 18.9 Å². The Morgan fingerprint density at radius 2 is 1.81 bits per heavy atom. The lowest BCUT2D eigenvalue weighted by atomic mass is 10.2. The minimum Gasteiger partial charge on any atom is -0.338 e. The Kier molecular flexibility index (Phi) is 6.29. The van der Waals surface area contributed by atoms with Gasteiger partial charge in [-0.05, 0) is 32.0 Å². The van der Waals surface area contributed by atoms with Crippen LogP contribution in [0.15, 0.2) is 29.2 Å². The lowest BCUT2D eigenvalue weighted by molar-refractivity contribution is -0.386. The highest BCUT2D eigenvalue weighted by atomic mass is 32.2. The number of alkyl halides is 3. The molecule has 32 heavy (non-hydrogen) atoms. The van der Waals surface area contributed by atoms with Gasteiger partial charge in [-0.1, -0.05) is 6.07 Å². The first-order chi connectivity index (χ1) is 14.8. The zero-order valence-electron chi connectivity index (χ0n) is 17.2. The van der Waals surface area contributed by atoms with Crippen LogP contribution < -0.4 is 0 Å². The Labute approximate surface area is 181 Å². The fourth-order valence-corrected chi connectivity index (χ4v) is 4.96. The third-order valence-corrected chi connectivity index (χ3v) is 7.10. The molecule has 0 N–H and O–H groups in total. The van der Waals surface area contributed by atoms with E-state index in [4.69, 9.17) is 0 Å². The molecule has 1 saturated heterocycles. The normalized spacial score (nSPS) is 15.7. The molecule has 0 atom stereocenters. The third-order valence-electron chi connectivity index (χ3n) is 5.20. The van der Waals surface area contributed by atoms with Crippen molar-refractivity contribution >= 4 is 21.6 Å². The summed E-state index contributed by atoms with van der Waals surface area (Å²) in [6, 6.07) is 3.50. The number of amides is 1. The van der Waals surface area contributed by atoms with Gasteiger partial charge < -0.3 is 4.90 Å². The molecule has 0 spiro atoms. The molecule has 2 heterocycles. The maximum absolute atomic E-state index is 12.9. The van der Waals surface area contributed by atoms with E-state index < -0.39 is 37.5 Å². The number of halogens is 3. The molecule has 1 aliphatic rings. The Bertz CT molecular complexity index is 1150. The van der Waals surface area contributed by atoms with Gasteiger partial charge in [-0.2, -0.15) is 22.6 Å². The summed E-state index contributed by atoms with van der Waals surface area (Å²) in [5, 5.41) is 15.1. The number of sulfonamides is 1. The second-order valence-corrected chi connectivity index (χ2v) is 9.18. The van der Waals surface area contributed by atoms with Crippen LogP contribution in [0.25, 0.3) is 0 Å². The van der Waals surface area contributed by atoms with Gasteiger partial charge in [0.2, 0.25) is 15.9 Å². The van der Waals surface area contributed by atoms with Crippen LogP contribution in [0.2, 0.25) is 0 Å². The average Bonchev–Trinajstić information content (AvgIpc) is 3.00. The number of piperazine rings is 1. The van der Waals surface area contributed by atoms with E-state index in [1.807, 2.05) is 0 Å². The highest BCUT2D eigenvalue weighted by molar-refractivity contribution is 7.89. The fourth-order valence-electron chi connectivity index (χ4n) is 3.49. The van der Waals surface area contributed by atoms with E-state index >= 15 is 0 Å². The van der Waals surface area contributed by atoms with Gasteiger partial charge in [-0.3, -0.25) is 19.6 Å². The van der Waals surface area contributed by atoms with Crippen LogP contribution in [0, 0.1) is 24.0 Å². The number of hydrogen-bond donors (Lipinski definition) is 0. The van der Waals surface area contributed by atoms with Crippen molar-refractivity contribution < 1.29 is 31.3 Å². The van der Waals surface area contributed by atoms with E-state index in [9.17, 15) is 36.5 Å². The van der Waals surface area contributed by atoms with Gasteiger partial charge in [0.1, 0.15) is 17.9 Å².